The minimum atomic E-state index is -0.320. The van der Waals surface area contributed by atoms with E-state index in [2.05, 4.69) is 4.98 Å². The van der Waals surface area contributed by atoms with E-state index in [1.54, 1.807) is 55.8 Å². The number of aromatic nitrogens is 2. The number of nitrogens with one attached hydrogen (secondary N) is 1. The van der Waals surface area contributed by atoms with Gasteiger partial charge in [-0.2, -0.15) is 0 Å². The number of benzene rings is 3. The molecule has 0 aliphatic heterocycles. The predicted octanol–water partition coefficient (Wildman–Crippen LogP) is 4.46. The molecule has 0 saturated heterocycles. The molecule has 0 spiro atoms. The van der Waals surface area contributed by atoms with Crippen LogP contribution in [0.15, 0.2) is 77.7 Å². The molecule has 4 rings (SSSR count). The zero-order valence-electron chi connectivity index (χ0n) is 19.4. The van der Waals surface area contributed by atoms with E-state index in [0.29, 0.717) is 28.3 Å². The lowest BCUT2D eigenvalue weighted by Gasteiger charge is -2.10. The molecule has 1 aromatic heterocycles. The van der Waals surface area contributed by atoms with E-state index in [0.717, 1.165) is 5.56 Å². The molecule has 178 valence electrons. The van der Waals surface area contributed by atoms with E-state index in [-0.39, 0.29) is 28.7 Å². The second-order valence-electron chi connectivity index (χ2n) is 7.56. The number of imidazole rings is 1. The lowest BCUT2D eigenvalue weighted by Crippen LogP contribution is -2.16. The SMILES string of the molecule is COc1ccc(-c2c[nH]c(=O)n2-c2cccc(C(=O)C=Cc3cc(OC)c(O)c(OC)c3)c2)cc1. The summed E-state index contributed by atoms with van der Waals surface area (Å²) in [7, 11) is 4.45. The predicted molar refractivity (Wildman–Crippen MR) is 133 cm³/mol. The molecule has 0 aliphatic carbocycles. The van der Waals surface area contributed by atoms with Crippen LogP contribution < -0.4 is 19.9 Å². The van der Waals surface area contributed by atoms with Gasteiger partial charge >= 0.3 is 5.69 Å². The third kappa shape index (κ3) is 4.81. The van der Waals surface area contributed by atoms with Crippen molar-refractivity contribution < 1.29 is 24.1 Å². The van der Waals surface area contributed by atoms with Gasteiger partial charge in [-0.1, -0.05) is 18.2 Å². The van der Waals surface area contributed by atoms with Crippen molar-refractivity contribution >= 4 is 11.9 Å². The highest BCUT2D eigenvalue weighted by molar-refractivity contribution is 6.07. The van der Waals surface area contributed by atoms with Crippen molar-refractivity contribution in [3.8, 4) is 39.9 Å². The second kappa shape index (κ2) is 10.0. The van der Waals surface area contributed by atoms with Crippen molar-refractivity contribution in [1.82, 2.24) is 9.55 Å². The summed E-state index contributed by atoms with van der Waals surface area (Å²) >= 11 is 0. The van der Waals surface area contributed by atoms with Gasteiger partial charge in [-0.3, -0.25) is 9.36 Å². The summed E-state index contributed by atoms with van der Waals surface area (Å²) in [6, 6.07) is 17.4. The number of carbonyl (C=O) groups excluding carboxylic acids is 1. The Balaban J connectivity index is 1.65. The molecular weight excluding hydrogens is 448 g/mol. The molecule has 0 bridgehead atoms. The molecule has 8 heteroatoms. The number of carbonyl (C=O) groups is 1. The number of nitrogens with zero attached hydrogens (tertiary/aromatic N) is 1. The van der Waals surface area contributed by atoms with Crippen LogP contribution in [0, 0.1) is 0 Å². The van der Waals surface area contributed by atoms with Gasteiger partial charge < -0.3 is 24.3 Å². The molecule has 0 amide bonds. The van der Waals surface area contributed by atoms with Crippen LogP contribution in [-0.2, 0) is 0 Å². The van der Waals surface area contributed by atoms with Crippen LogP contribution >= 0.6 is 0 Å². The van der Waals surface area contributed by atoms with E-state index in [1.807, 2.05) is 24.3 Å². The summed E-state index contributed by atoms with van der Waals surface area (Å²) < 4.78 is 17.0. The molecule has 2 N–H and O–H groups in total. The van der Waals surface area contributed by atoms with Crippen molar-refractivity contribution in [2.45, 2.75) is 0 Å². The van der Waals surface area contributed by atoms with Gasteiger partial charge in [0.2, 0.25) is 5.75 Å². The number of hydrogen-bond acceptors (Lipinski definition) is 6. The number of phenolic OH excluding ortho intramolecular Hbond substituents is 1. The van der Waals surface area contributed by atoms with Crippen molar-refractivity contribution in [3.63, 3.8) is 0 Å². The Morgan fingerprint density at radius 3 is 2.26 bits per heavy atom. The zero-order valence-corrected chi connectivity index (χ0v) is 19.4. The Hall–Kier alpha value is -4.72. The first kappa shape index (κ1) is 23.4. The minimum Gasteiger partial charge on any atom is -0.502 e. The molecule has 0 fully saturated rings. The lowest BCUT2D eigenvalue weighted by molar-refractivity contribution is 0.104. The molecule has 0 atom stereocenters. The highest BCUT2D eigenvalue weighted by atomic mass is 16.5. The number of H-pyrrole nitrogens is 1. The molecule has 8 nitrogen and oxygen atoms in total. The van der Waals surface area contributed by atoms with Gasteiger partial charge in [-0.15, -0.1) is 0 Å². The van der Waals surface area contributed by atoms with Crippen LogP contribution in [0.25, 0.3) is 23.0 Å². The molecule has 1 heterocycles. The first-order valence-corrected chi connectivity index (χ1v) is 10.7. The summed E-state index contributed by atoms with van der Waals surface area (Å²) in [5, 5.41) is 10.1. The quantitative estimate of drug-likeness (QED) is 0.290. The van der Waals surface area contributed by atoms with Gasteiger partial charge in [-0.05, 0) is 60.2 Å². The van der Waals surface area contributed by atoms with Gasteiger partial charge in [0.25, 0.3) is 0 Å². The third-order valence-corrected chi connectivity index (χ3v) is 5.48. The standard InChI is InChI=1S/C27H24N2O6/c1-33-21-10-8-18(9-11-21)22-16-28-27(32)29(22)20-6-4-5-19(15-20)23(30)12-7-17-13-24(34-2)26(31)25(14-17)35-3/h4-16,31H,1-3H3,(H,28,32). The molecule has 0 aliphatic rings. The number of ketones is 1. The van der Waals surface area contributed by atoms with Crippen molar-refractivity contribution in [2.24, 2.45) is 0 Å². The van der Waals surface area contributed by atoms with Crippen LogP contribution in [-0.4, -0.2) is 41.8 Å². The molecule has 0 saturated carbocycles. The zero-order chi connectivity index (χ0) is 24.9. The number of phenols is 1. The van der Waals surface area contributed by atoms with Gasteiger partial charge in [0.05, 0.1) is 32.7 Å². The summed E-state index contributed by atoms with van der Waals surface area (Å²) in [5.41, 5.74) is 2.72. The van der Waals surface area contributed by atoms with E-state index in [1.165, 1.54) is 24.9 Å². The van der Waals surface area contributed by atoms with Crippen LogP contribution in [0.5, 0.6) is 23.0 Å². The summed E-state index contributed by atoms with van der Waals surface area (Å²) in [6.45, 7) is 0. The normalized spacial score (nSPS) is 10.9. The molecule has 35 heavy (non-hydrogen) atoms. The van der Waals surface area contributed by atoms with Gasteiger partial charge in [0, 0.05) is 17.3 Å². The number of rotatable bonds is 8. The van der Waals surface area contributed by atoms with Gasteiger partial charge in [0.15, 0.2) is 17.3 Å². The summed E-state index contributed by atoms with van der Waals surface area (Å²) in [5.74, 6) is 0.803. The minimum absolute atomic E-state index is 0.115. The van der Waals surface area contributed by atoms with E-state index >= 15 is 0 Å². The van der Waals surface area contributed by atoms with Crippen molar-refractivity contribution in [1.29, 1.82) is 0 Å². The number of hydrogen-bond donors (Lipinski definition) is 2. The fraction of sp³-hybridized carbons (Fsp3) is 0.111. The summed E-state index contributed by atoms with van der Waals surface area (Å²) in [4.78, 5) is 28.3. The Bertz CT molecular complexity index is 1420. The Morgan fingerprint density at radius 1 is 0.943 bits per heavy atom. The number of aromatic hydroxyl groups is 1. The largest absolute Gasteiger partial charge is 0.502 e. The van der Waals surface area contributed by atoms with E-state index in [4.69, 9.17) is 14.2 Å². The highest BCUT2D eigenvalue weighted by Gasteiger charge is 2.13. The van der Waals surface area contributed by atoms with E-state index in [9.17, 15) is 14.7 Å². The molecule has 0 unspecified atom stereocenters. The van der Waals surface area contributed by atoms with Crippen molar-refractivity contribution in [2.75, 3.05) is 21.3 Å². The van der Waals surface area contributed by atoms with Crippen LogP contribution in [0.2, 0.25) is 0 Å². The first-order chi connectivity index (χ1) is 16.9. The van der Waals surface area contributed by atoms with E-state index < -0.39 is 0 Å². The lowest BCUT2D eigenvalue weighted by atomic mass is 10.1. The van der Waals surface area contributed by atoms with Crippen LogP contribution in [0.1, 0.15) is 15.9 Å². The van der Waals surface area contributed by atoms with Crippen LogP contribution in [0.4, 0.5) is 0 Å². The Morgan fingerprint density at radius 2 is 1.63 bits per heavy atom. The fourth-order valence-electron chi connectivity index (χ4n) is 3.68. The average molecular weight is 472 g/mol. The number of allylic oxidation sites excluding steroid dienone is 1. The number of aromatic amines is 1. The molecule has 3 aromatic carbocycles. The summed E-state index contributed by atoms with van der Waals surface area (Å²) in [6.07, 6.45) is 4.64. The number of ether oxygens (including phenoxy) is 3. The smallest absolute Gasteiger partial charge is 0.330 e. The Kier molecular flexibility index (Phi) is 6.73. The average Bonchev–Trinajstić information content (AvgIpc) is 3.29. The van der Waals surface area contributed by atoms with Gasteiger partial charge in [-0.25, -0.2) is 4.79 Å². The van der Waals surface area contributed by atoms with Gasteiger partial charge in [0.1, 0.15) is 5.75 Å². The van der Waals surface area contributed by atoms with Crippen LogP contribution in [0.3, 0.4) is 0 Å². The Labute approximate surface area is 201 Å². The van der Waals surface area contributed by atoms with Crippen molar-refractivity contribution in [3.05, 3.63) is 94.5 Å². The third-order valence-electron chi connectivity index (χ3n) is 5.48. The topological polar surface area (TPSA) is 103 Å². The maximum atomic E-state index is 12.9. The maximum absolute atomic E-state index is 12.9. The second-order valence-corrected chi connectivity index (χ2v) is 7.56. The fourth-order valence-corrected chi connectivity index (χ4v) is 3.68. The molecule has 4 aromatic rings. The number of methoxy groups -OCH3 is 3. The molecular formula is C27H24N2O6. The first-order valence-electron chi connectivity index (χ1n) is 10.7. The monoisotopic (exact) mass is 472 g/mol. The maximum Gasteiger partial charge on any atom is 0.330 e. The highest BCUT2D eigenvalue weighted by Crippen LogP contribution is 2.37. The molecule has 0 radical (unpaired) electrons.